The second-order valence-corrected chi connectivity index (χ2v) is 9.99. The fourth-order valence-corrected chi connectivity index (χ4v) is 3.74. The van der Waals surface area contributed by atoms with Crippen molar-refractivity contribution in [3.63, 3.8) is 0 Å². The minimum Gasteiger partial charge on any atom is -0.494 e. The van der Waals surface area contributed by atoms with Crippen molar-refractivity contribution in [3.8, 4) is 22.8 Å². The van der Waals surface area contributed by atoms with Crippen LogP contribution >= 0.6 is 0 Å². The highest BCUT2D eigenvalue weighted by Crippen LogP contribution is 2.38. The summed E-state index contributed by atoms with van der Waals surface area (Å²) in [5, 5.41) is 21.9. The molecule has 2 heterocycles. The van der Waals surface area contributed by atoms with Gasteiger partial charge in [0.05, 0.1) is 36.8 Å². The zero-order chi connectivity index (χ0) is 37.8. The number of alkyl halides is 6. The Morgan fingerprint density at radius 2 is 1.58 bits per heavy atom. The number of amidine groups is 1. The number of carboxylic acid groups (broad SMARTS) is 2. The molecule has 4 rings (SSSR count). The van der Waals surface area contributed by atoms with Gasteiger partial charge in [-0.25, -0.2) is 19.0 Å². The number of carbonyl (C=O) groups is 2. The molecule has 0 amide bonds. The maximum absolute atomic E-state index is 15.9. The molecule has 0 fully saturated rings. The molecule has 2 aromatic carbocycles. The van der Waals surface area contributed by atoms with Crippen molar-refractivity contribution in [1.82, 2.24) is 15.0 Å². The Morgan fingerprint density at radius 1 is 1.00 bits per heavy atom. The summed E-state index contributed by atoms with van der Waals surface area (Å²) in [7, 11) is 0. The molecule has 0 spiro atoms. The van der Waals surface area contributed by atoms with Crippen molar-refractivity contribution in [2.45, 2.75) is 45.8 Å². The lowest BCUT2D eigenvalue weighted by Crippen LogP contribution is -2.21. The molecule has 0 saturated carbocycles. The van der Waals surface area contributed by atoms with Crippen LogP contribution in [0.15, 0.2) is 67.1 Å². The van der Waals surface area contributed by atoms with E-state index in [1.165, 1.54) is 0 Å². The average Bonchev–Trinajstić information content (AvgIpc) is 3.50. The third-order valence-corrected chi connectivity index (χ3v) is 5.84. The summed E-state index contributed by atoms with van der Waals surface area (Å²) in [6, 6.07) is 14.0. The summed E-state index contributed by atoms with van der Waals surface area (Å²) >= 11 is 0. The first kappa shape index (κ1) is 40.3. The molecule has 0 aliphatic rings. The van der Waals surface area contributed by atoms with Crippen LogP contribution in [-0.2, 0) is 16.1 Å². The predicted molar refractivity (Wildman–Crippen MR) is 166 cm³/mol. The number of aliphatic carboxylic acids is 2. The summed E-state index contributed by atoms with van der Waals surface area (Å²) in [5.74, 6) is -4.85. The first-order chi connectivity index (χ1) is 23.2. The van der Waals surface area contributed by atoms with E-state index in [-0.39, 0.29) is 29.9 Å². The molecule has 0 aliphatic heterocycles. The van der Waals surface area contributed by atoms with Gasteiger partial charge in [0.15, 0.2) is 11.6 Å². The predicted octanol–water partition coefficient (Wildman–Crippen LogP) is 6.69. The van der Waals surface area contributed by atoms with Crippen molar-refractivity contribution >= 4 is 29.1 Å². The molecule has 270 valence electrons. The maximum atomic E-state index is 15.9. The van der Waals surface area contributed by atoms with Gasteiger partial charge in [0.2, 0.25) is 0 Å². The highest BCUT2D eigenvalue weighted by atomic mass is 19.4. The molecule has 2 aromatic heterocycles. The lowest BCUT2D eigenvalue weighted by atomic mass is 10.1. The van der Waals surface area contributed by atoms with Crippen molar-refractivity contribution in [1.29, 1.82) is 5.41 Å². The highest BCUT2D eigenvalue weighted by molar-refractivity contribution is 5.95. The van der Waals surface area contributed by atoms with E-state index in [2.05, 4.69) is 15.0 Å². The Balaban J connectivity index is 0.000000521. The molecule has 0 radical (unpaired) electrons. The second kappa shape index (κ2) is 17.5. The van der Waals surface area contributed by atoms with E-state index in [1.54, 1.807) is 59.9 Å². The van der Waals surface area contributed by atoms with E-state index in [0.717, 1.165) is 11.3 Å². The number of halogens is 7. The number of pyridine rings is 1. The Bertz CT molecular complexity index is 1710. The lowest BCUT2D eigenvalue weighted by molar-refractivity contribution is -0.193. The standard InChI is InChI=1S/C27H29FN6O2.2C2HF3O2/c1-4-35-21-12-23(26(28)24(13-21)36-17(2)3)34(20-9-7-18(8-10-20)27(29)30)16-25-32-15-22(33-25)19-6-5-11-31-14-19;2*3-2(4,5)1(6)7/h5-15,17H,4,16H2,1-3H3,(H3,29,30)(H,32,33);2*(H,6,7). The van der Waals surface area contributed by atoms with E-state index in [0.29, 0.717) is 29.4 Å². The number of imidazole rings is 1. The molecule has 4 aromatic rings. The number of hydrogen-bond acceptors (Lipinski definition) is 8. The van der Waals surface area contributed by atoms with Crippen LogP contribution in [-0.4, -0.2) is 68.0 Å². The van der Waals surface area contributed by atoms with Crippen molar-refractivity contribution in [3.05, 3.63) is 84.3 Å². The molecule has 0 atom stereocenters. The monoisotopic (exact) mass is 716 g/mol. The molecule has 19 heteroatoms. The fraction of sp³-hybridized carbons (Fsp3) is 0.258. The van der Waals surface area contributed by atoms with Crippen molar-refractivity contribution in [2.75, 3.05) is 11.5 Å². The van der Waals surface area contributed by atoms with E-state index in [1.807, 2.05) is 32.9 Å². The summed E-state index contributed by atoms with van der Waals surface area (Å²) in [5.41, 5.74) is 8.85. The molecule has 0 saturated heterocycles. The third-order valence-electron chi connectivity index (χ3n) is 5.84. The van der Waals surface area contributed by atoms with Gasteiger partial charge in [-0.3, -0.25) is 10.4 Å². The summed E-state index contributed by atoms with van der Waals surface area (Å²) < 4.78 is 90.8. The molecular weight excluding hydrogens is 685 g/mol. The molecule has 6 N–H and O–H groups in total. The van der Waals surface area contributed by atoms with Crippen molar-refractivity contribution in [2.24, 2.45) is 5.73 Å². The van der Waals surface area contributed by atoms with E-state index < -0.39 is 30.1 Å². The van der Waals surface area contributed by atoms with Gasteiger partial charge in [-0.1, -0.05) is 0 Å². The number of hydrogen-bond donors (Lipinski definition) is 5. The lowest BCUT2D eigenvalue weighted by Gasteiger charge is -2.26. The molecule has 12 nitrogen and oxygen atoms in total. The van der Waals surface area contributed by atoms with E-state index >= 15 is 4.39 Å². The second-order valence-electron chi connectivity index (χ2n) is 9.99. The zero-order valence-corrected chi connectivity index (χ0v) is 26.4. The van der Waals surface area contributed by atoms with Crippen LogP contribution in [0.4, 0.5) is 42.1 Å². The molecule has 50 heavy (non-hydrogen) atoms. The van der Waals surface area contributed by atoms with Crippen LogP contribution in [0.25, 0.3) is 11.3 Å². The van der Waals surface area contributed by atoms with Crippen molar-refractivity contribution < 1.29 is 60.0 Å². The number of carboxylic acids is 2. The number of benzene rings is 2. The largest absolute Gasteiger partial charge is 0.494 e. The molecular formula is C31H31F7N6O6. The van der Waals surface area contributed by atoms with Crippen LogP contribution in [0.3, 0.4) is 0 Å². The Morgan fingerprint density at radius 3 is 2.04 bits per heavy atom. The number of nitrogens with one attached hydrogen (secondary N) is 2. The van der Waals surface area contributed by atoms with Gasteiger partial charge in [-0.15, -0.1) is 0 Å². The minimum absolute atomic E-state index is 0.0441. The highest BCUT2D eigenvalue weighted by Gasteiger charge is 2.38. The Kier molecular flexibility index (Phi) is 14.1. The number of rotatable bonds is 10. The molecule has 0 unspecified atom stereocenters. The van der Waals surface area contributed by atoms with E-state index in [9.17, 15) is 26.3 Å². The van der Waals surface area contributed by atoms with Gasteiger partial charge >= 0.3 is 24.3 Å². The van der Waals surface area contributed by atoms with Gasteiger partial charge in [0.1, 0.15) is 17.4 Å². The van der Waals surface area contributed by atoms with E-state index in [4.69, 9.17) is 40.4 Å². The van der Waals surface area contributed by atoms with Crippen LogP contribution in [0.2, 0.25) is 0 Å². The van der Waals surface area contributed by atoms with Gasteiger partial charge in [-0.05, 0) is 57.2 Å². The van der Waals surface area contributed by atoms with Crippen LogP contribution < -0.4 is 20.1 Å². The Hall–Kier alpha value is -5.88. The number of nitrogens with two attached hydrogens (primary N) is 1. The van der Waals surface area contributed by atoms with Crippen LogP contribution in [0.5, 0.6) is 11.5 Å². The number of aromatic nitrogens is 3. The first-order valence-electron chi connectivity index (χ1n) is 14.1. The zero-order valence-electron chi connectivity index (χ0n) is 26.4. The van der Waals surface area contributed by atoms with Crippen LogP contribution in [0, 0.1) is 11.2 Å². The van der Waals surface area contributed by atoms with Gasteiger partial charge in [0.25, 0.3) is 0 Å². The fourth-order valence-electron chi connectivity index (χ4n) is 3.74. The maximum Gasteiger partial charge on any atom is 0.490 e. The van der Waals surface area contributed by atoms with Gasteiger partial charge in [-0.2, -0.15) is 26.3 Å². The normalized spacial score (nSPS) is 11.0. The summed E-state index contributed by atoms with van der Waals surface area (Å²) in [4.78, 5) is 31.6. The quantitative estimate of drug-likeness (QED) is 0.0673. The summed E-state index contributed by atoms with van der Waals surface area (Å²) in [6.45, 7) is 6.20. The number of anilines is 2. The number of nitrogens with zero attached hydrogens (tertiary/aromatic N) is 3. The number of ether oxygens (including phenoxy) is 2. The number of nitrogen functional groups attached to an aromatic ring is 1. The number of H-pyrrole nitrogens is 1. The Labute approximate surface area is 279 Å². The smallest absolute Gasteiger partial charge is 0.490 e. The number of aromatic amines is 1. The minimum atomic E-state index is -5.08. The topological polar surface area (TPSA) is 188 Å². The van der Waals surface area contributed by atoms with Gasteiger partial charge in [0, 0.05) is 41.3 Å². The molecule has 0 aliphatic carbocycles. The van der Waals surface area contributed by atoms with Crippen LogP contribution in [0.1, 0.15) is 32.2 Å². The summed E-state index contributed by atoms with van der Waals surface area (Å²) in [6.07, 6.45) is -5.21. The molecule has 0 bridgehead atoms. The SMILES string of the molecule is CCOc1cc(OC(C)C)c(F)c(N(Cc2ncc(-c3cccnc3)[nH]2)c2ccc(C(=N)N)cc2)c1.O=C(O)C(F)(F)F.O=C(O)C(F)(F)F. The average molecular weight is 717 g/mol. The first-order valence-corrected chi connectivity index (χ1v) is 14.1. The third kappa shape index (κ3) is 12.3. The van der Waals surface area contributed by atoms with Gasteiger partial charge < -0.3 is 35.3 Å².